The summed E-state index contributed by atoms with van der Waals surface area (Å²) >= 11 is 3.33. The largest absolute Gasteiger partial charge is 0.289 e. The van der Waals surface area contributed by atoms with Gasteiger partial charge in [-0.05, 0) is 35.2 Å². The van der Waals surface area contributed by atoms with E-state index in [0.29, 0.717) is 0 Å². The normalized spacial score (nSPS) is 14.7. The van der Waals surface area contributed by atoms with E-state index in [1.165, 1.54) is 10.4 Å². The molecule has 14 heavy (non-hydrogen) atoms. The highest BCUT2D eigenvalue weighted by Crippen LogP contribution is 2.29. The van der Waals surface area contributed by atoms with Crippen LogP contribution in [0.5, 0.6) is 0 Å². The Kier molecular flexibility index (Phi) is 1.82. The van der Waals surface area contributed by atoms with Crippen molar-refractivity contribution in [1.82, 2.24) is 0 Å². The summed E-state index contributed by atoms with van der Waals surface area (Å²) in [6.45, 7) is 0. The Hall–Kier alpha value is -0.930. The van der Waals surface area contributed by atoms with Crippen molar-refractivity contribution in [2.75, 3.05) is 0 Å². The fourth-order valence-corrected chi connectivity index (χ4v) is 3.59. The molecule has 70 valence electrons. The zero-order valence-corrected chi connectivity index (χ0v) is 9.08. The molecule has 1 nitrogen and oxygen atoms in total. The van der Waals surface area contributed by atoms with Crippen molar-refractivity contribution in [3.63, 3.8) is 0 Å². The third kappa shape index (κ3) is 1.09. The van der Waals surface area contributed by atoms with Crippen LogP contribution in [0.1, 0.15) is 26.4 Å². The van der Waals surface area contributed by atoms with Crippen molar-refractivity contribution in [2.45, 2.75) is 12.8 Å². The second-order valence-corrected chi connectivity index (χ2v) is 5.14. The lowest BCUT2D eigenvalue weighted by Gasteiger charge is -1.94. The number of carbonyl (C=O) groups excluding carboxylic acids is 1. The summed E-state index contributed by atoms with van der Waals surface area (Å²) in [5, 5.41) is 6.09. The molecule has 0 aromatic carbocycles. The zero-order valence-electron chi connectivity index (χ0n) is 7.45. The summed E-state index contributed by atoms with van der Waals surface area (Å²) in [6, 6.07) is 1.95. The molecule has 0 bridgehead atoms. The van der Waals surface area contributed by atoms with Gasteiger partial charge in [-0.1, -0.05) is 0 Å². The van der Waals surface area contributed by atoms with Gasteiger partial charge in [0.15, 0.2) is 5.78 Å². The Bertz CT molecular complexity index is 449. The van der Waals surface area contributed by atoms with E-state index in [0.717, 1.165) is 24.0 Å². The van der Waals surface area contributed by atoms with Crippen LogP contribution in [-0.2, 0) is 12.8 Å². The van der Waals surface area contributed by atoms with Gasteiger partial charge in [0.2, 0.25) is 0 Å². The van der Waals surface area contributed by atoms with Crippen LogP contribution in [0.25, 0.3) is 0 Å². The Morgan fingerprint density at radius 1 is 1.14 bits per heavy atom. The molecule has 0 aliphatic heterocycles. The fraction of sp³-hybridized carbons (Fsp3) is 0.182. The molecule has 0 atom stereocenters. The number of carbonyl (C=O) groups is 1. The fourth-order valence-electron chi connectivity index (χ4n) is 1.85. The Morgan fingerprint density at radius 2 is 2.07 bits per heavy atom. The summed E-state index contributed by atoms with van der Waals surface area (Å²) in [5.74, 6) is 0.218. The van der Waals surface area contributed by atoms with Crippen LogP contribution in [0.15, 0.2) is 22.2 Å². The average Bonchev–Trinajstić information content (AvgIpc) is 2.81. The van der Waals surface area contributed by atoms with Gasteiger partial charge in [-0.3, -0.25) is 4.79 Å². The van der Waals surface area contributed by atoms with Gasteiger partial charge in [-0.15, -0.1) is 11.3 Å². The van der Waals surface area contributed by atoms with Crippen molar-refractivity contribution in [2.24, 2.45) is 0 Å². The molecule has 2 heterocycles. The van der Waals surface area contributed by atoms with Gasteiger partial charge >= 0.3 is 0 Å². The van der Waals surface area contributed by atoms with Gasteiger partial charge in [0.1, 0.15) is 0 Å². The Morgan fingerprint density at radius 3 is 3.00 bits per heavy atom. The van der Waals surface area contributed by atoms with Crippen LogP contribution in [0.3, 0.4) is 0 Å². The molecule has 0 spiro atoms. The quantitative estimate of drug-likeness (QED) is 0.666. The van der Waals surface area contributed by atoms with E-state index in [1.807, 2.05) is 16.8 Å². The second-order valence-electron chi connectivity index (χ2n) is 3.40. The van der Waals surface area contributed by atoms with Gasteiger partial charge in [-0.2, -0.15) is 11.3 Å². The molecule has 0 saturated heterocycles. The predicted octanol–water partition coefficient (Wildman–Crippen LogP) is 3.14. The molecule has 2 aromatic rings. The minimum absolute atomic E-state index is 0.218. The third-order valence-corrected chi connectivity index (χ3v) is 4.37. The first kappa shape index (κ1) is 8.38. The van der Waals surface area contributed by atoms with Crippen LogP contribution < -0.4 is 0 Å². The van der Waals surface area contributed by atoms with Crippen molar-refractivity contribution >= 4 is 28.5 Å². The lowest BCUT2D eigenvalue weighted by atomic mass is 10.1. The zero-order chi connectivity index (χ0) is 9.54. The molecule has 1 aliphatic rings. The Labute approximate surface area is 90.0 Å². The standard InChI is InChI=1S/C11H8OS2/c12-11-8-3-4-14-10(8)2-1-7-5-13-6-9(7)11/h3-6H,1-2H2. The summed E-state index contributed by atoms with van der Waals surface area (Å²) in [5.41, 5.74) is 3.07. The van der Waals surface area contributed by atoms with Crippen LogP contribution in [0, 0.1) is 0 Å². The highest BCUT2D eigenvalue weighted by atomic mass is 32.1. The summed E-state index contributed by atoms with van der Waals surface area (Å²) < 4.78 is 0. The van der Waals surface area contributed by atoms with Crippen molar-refractivity contribution < 1.29 is 4.79 Å². The number of hydrogen-bond acceptors (Lipinski definition) is 3. The molecule has 2 aromatic heterocycles. The molecule has 0 saturated carbocycles. The molecular weight excluding hydrogens is 212 g/mol. The second kappa shape index (κ2) is 3.04. The topological polar surface area (TPSA) is 17.1 Å². The molecule has 0 unspecified atom stereocenters. The number of ketones is 1. The SMILES string of the molecule is O=C1c2cscc2CCc2sccc21. The van der Waals surface area contributed by atoms with E-state index in [2.05, 4.69) is 5.38 Å². The van der Waals surface area contributed by atoms with E-state index in [-0.39, 0.29) is 5.78 Å². The maximum absolute atomic E-state index is 12.1. The number of thiophene rings is 2. The summed E-state index contributed by atoms with van der Waals surface area (Å²) in [6.07, 6.45) is 2.03. The Balaban J connectivity index is 2.22. The maximum Gasteiger partial charge on any atom is 0.195 e. The number of hydrogen-bond donors (Lipinski definition) is 0. The molecule has 0 N–H and O–H groups in total. The average molecular weight is 220 g/mol. The van der Waals surface area contributed by atoms with Crippen LogP contribution in [-0.4, -0.2) is 5.78 Å². The van der Waals surface area contributed by atoms with E-state index in [4.69, 9.17) is 0 Å². The molecule has 0 fully saturated rings. The lowest BCUT2D eigenvalue weighted by Crippen LogP contribution is -1.99. The van der Waals surface area contributed by atoms with E-state index in [9.17, 15) is 4.79 Å². The molecular formula is C11H8OS2. The van der Waals surface area contributed by atoms with Gasteiger partial charge in [-0.25, -0.2) is 0 Å². The minimum atomic E-state index is 0.218. The van der Waals surface area contributed by atoms with Gasteiger partial charge in [0.25, 0.3) is 0 Å². The van der Waals surface area contributed by atoms with Gasteiger partial charge in [0, 0.05) is 21.4 Å². The molecule has 1 aliphatic carbocycles. The first-order chi connectivity index (χ1) is 6.86. The van der Waals surface area contributed by atoms with Crippen LogP contribution >= 0.6 is 22.7 Å². The van der Waals surface area contributed by atoms with E-state index >= 15 is 0 Å². The lowest BCUT2D eigenvalue weighted by molar-refractivity contribution is 0.103. The van der Waals surface area contributed by atoms with Gasteiger partial charge in [0.05, 0.1) is 0 Å². The van der Waals surface area contributed by atoms with Crippen LogP contribution in [0.2, 0.25) is 0 Å². The van der Waals surface area contributed by atoms with Crippen molar-refractivity contribution in [3.8, 4) is 0 Å². The molecule has 3 heteroatoms. The maximum atomic E-state index is 12.1. The summed E-state index contributed by atoms with van der Waals surface area (Å²) in [4.78, 5) is 13.3. The highest BCUT2D eigenvalue weighted by Gasteiger charge is 2.22. The monoisotopic (exact) mass is 220 g/mol. The number of fused-ring (bicyclic) bond motifs is 2. The van der Waals surface area contributed by atoms with Gasteiger partial charge < -0.3 is 0 Å². The molecule has 0 amide bonds. The van der Waals surface area contributed by atoms with Crippen molar-refractivity contribution in [1.29, 1.82) is 0 Å². The van der Waals surface area contributed by atoms with Crippen molar-refractivity contribution in [3.05, 3.63) is 43.8 Å². The first-order valence-electron chi connectivity index (χ1n) is 4.52. The smallest absolute Gasteiger partial charge is 0.195 e. The number of aryl methyl sites for hydroxylation is 2. The highest BCUT2D eigenvalue weighted by molar-refractivity contribution is 7.10. The summed E-state index contributed by atoms with van der Waals surface area (Å²) in [7, 11) is 0. The number of rotatable bonds is 0. The van der Waals surface area contributed by atoms with Crippen LogP contribution in [0.4, 0.5) is 0 Å². The van der Waals surface area contributed by atoms with E-state index in [1.54, 1.807) is 22.7 Å². The first-order valence-corrected chi connectivity index (χ1v) is 6.34. The predicted molar refractivity (Wildman–Crippen MR) is 59.5 cm³/mol. The third-order valence-electron chi connectivity index (χ3n) is 2.60. The molecule has 3 rings (SSSR count). The minimum Gasteiger partial charge on any atom is -0.289 e. The molecule has 0 radical (unpaired) electrons. The van der Waals surface area contributed by atoms with E-state index < -0.39 is 0 Å².